The third-order valence-corrected chi connectivity index (χ3v) is 4.95. The molecule has 2 fully saturated rings. The van der Waals surface area contributed by atoms with Gasteiger partial charge in [0.25, 0.3) is 0 Å². The van der Waals surface area contributed by atoms with Gasteiger partial charge >= 0.3 is 0 Å². The van der Waals surface area contributed by atoms with Gasteiger partial charge in [-0.15, -0.1) is 0 Å². The molecular formula is C18H24N6. The Kier molecular flexibility index (Phi) is 4.28. The molecule has 2 aliphatic heterocycles. The first-order valence-electron chi connectivity index (χ1n) is 8.92. The lowest BCUT2D eigenvalue weighted by molar-refractivity contribution is 0.493. The van der Waals surface area contributed by atoms with E-state index in [1.165, 1.54) is 25.0 Å². The molecule has 126 valence electrons. The molecule has 0 N–H and O–H groups in total. The van der Waals surface area contributed by atoms with Gasteiger partial charge in [0.15, 0.2) is 0 Å². The third kappa shape index (κ3) is 3.18. The largest absolute Gasteiger partial charge is 0.357 e. The lowest BCUT2D eigenvalue weighted by atomic mass is 9.94. The van der Waals surface area contributed by atoms with E-state index in [0.29, 0.717) is 5.92 Å². The highest BCUT2D eigenvalue weighted by Crippen LogP contribution is 2.29. The van der Waals surface area contributed by atoms with Crippen molar-refractivity contribution in [2.45, 2.75) is 38.5 Å². The molecule has 2 aromatic rings. The van der Waals surface area contributed by atoms with E-state index < -0.39 is 0 Å². The third-order valence-electron chi connectivity index (χ3n) is 4.95. The van der Waals surface area contributed by atoms with E-state index in [1.54, 1.807) is 0 Å². The van der Waals surface area contributed by atoms with Gasteiger partial charge in [-0.05, 0) is 38.7 Å². The SMILES string of the molecule is Cc1nc(C2CCCN(c3ncccn3)C2)cc(N2CCCC2)n1. The fourth-order valence-corrected chi connectivity index (χ4v) is 3.75. The van der Waals surface area contributed by atoms with E-state index in [9.17, 15) is 0 Å². The Balaban J connectivity index is 1.56. The van der Waals surface area contributed by atoms with Crippen molar-refractivity contribution in [1.82, 2.24) is 19.9 Å². The molecular weight excluding hydrogens is 300 g/mol. The monoisotopic (exact) mass is 324 g/mol. The summed E-state index contributed by atoms with van der Waals surface area (Å²) in [5.41, 5.74) is 1.17. The molecule has 4 heterocycles. The van der Waals surface area contributed by atoms with E-state index in [0.717, 1.165) is 50.2 Å². The van der Waals surface area contributed by atoms with Crippen molar-refractivity contribution in [2.24, 2.45) is 0 Å². The average molecular weight is 324 g/mol. The number of aryl methyl sites for hydroxylation is 1. The maximum absolute atomic E-state index is 4.75. The van der Waals surface area contributed by atoms with Gasteiger partial charge in [-0.2, -0.15) is 0 Å². The Morgan fingerprint density at radius 2 is 1.71 bits per heavy atom. The minimum absolute atomic E-state index is 0.422. The second-order valence-electron chi connectivity index (χ2n) is 6.73. The molecule has 6 nitrogen and oxygen atoms in total. The minimum Gasteiger partial charge on any atom is -0.357 e. The van der Waals surface area contributed by atoms with Gasteiger partial charge in [0.1, 0.15) is 11.6 Å². The van der Waals surface area contributed by atoms with Gasteiger partial charge in [-0.3, -0.25) is 0 Å². The number of anilines is 2. The van der Waals surface area contributed by atoms with Crippen LogP contribution < -0.4 is 9.80 Å². The molecule has 1 atom stereocenters. The molecule has 0 amide bonds. The zero-order valence-electron chi connectivity index (χ0n) is 14.2. The molecule has 0 radical (unpaired) electrons. The number of nitrogens with zero attached hydrogens (tertiary/aromatic N) is 6. The lowest BCUT2D eigenvalue weighted by Gasteiger charge is -2.32. The van der Waals surface area contributed by atoms with Crippen LogP contribution in [0.1, 0.15) is 43.1 Å². The van der Waals surface area contributed by atoms with Crippen molar-refractivity contribution in [3.63, 3.8) is 0 Å². The number of piperidine rings is 1. The van der Waals surface area contributed by atoms with Crippen LogP contribution in [0.5, 0.6) is 0 Å². The quantitative estimate of drug-likeness (QED) is 0.865. The molecule has 2 aromatic heterocycles. The number of rotatable bonds is 3. The summed E-state index contributed by atoms with van der Waals surface area (Å²) in [6.45, 7) is 6.18. The summed E-state index contributed by atoms with van der Waals surface area (Å²) >= 11 is 0. The van der Waals surface area contributed by atoms with E-state index in [-0.39, 0.29) is 0 Å². The van der Waals surface area contributed by atoms with E-state index in [2.05, 4.69) is 30.8 Å². The van der Waals surface area contributed by atoms with Crippen LogP contribution in [0.3, 0.4) is 0 Å². The van der Waals surface area contributed by atoms with Gasteiger partial charge in [0.2, 0.25) is 5.95 Å². The van der Waals surface area contributed by atoms with Crippen LogP contribution >= 0.6 is 0 Å². The Hall–Kier alpha value is -2.24. The zero-order chi connectivity index (χ0) is 16.4. The maximum Gasteiger partial charge on any atom is 0.225 e. The molecule has 1 unspecified atom stereocenters. The molecule has 2 saturated heterocycles. The van der Waals surface area contributed by atoms with Gasteiger partial charge in [-0.25, -0.2) is 19.9 Å². The van der Waals surface area contributed by atoms with Crippen LogP contribution in [0.15, 0.2) is 24.5 Å². The number of hydrogen-bond donors (Lipinski definition) is 0. The Morgan fingerprint density at radius 3 is 2.50 bits per heavy atom. The second kappa shape index (κ2) is 6.71. The maximum atomic E-state index is 4.75. The zero-order valence-corrected chi connectivity index (χ0v) is 14.2. The fraction of sp³-hybridized carbons (Fsp3) is 0.556. The van der Waals surface area contributed by atoms with Crippen molar-refractivity contribution in [2.75, 3.05) is 36.0 Å². The predicted octanol–water partition coefficient (Wildman–Crippen LogP) is 2.56. The summed E-state index contributed by atoms with van der Waals surface area (Å²) in [4.78, 5) is 22.9. The molecule has 0 saturated carbocycles. The molecule has 0 spiro atoms. The molecule has 0 bridgehead atoms. The summed E-state index contributed by atoms with van der Waals surface area (Å²) in [5, 5.41) is 0. The van der Waals surface area contributed by atoms with Crippen molar-refractivity contribution in [3.8, 4) is 0 Å². The van der Waals surface area contributed by atoms with Gasteiger partial charge in [0, 0.05) is 50.6 Å². The highest BCUT2D eigenvalue weighted by atomic mass is 15.3. The normalized spacial score (nSPS) is 21.3. The van der Waals surface area contributed by atoms with Crippen LogP contribution in [-0.2, 0) is 0 Å². The summed E-state index contributed by atoms with van der Waals surface area (Å²) in [5.74, 6) is 3.23. The molecule has 24 heavy (non-hydrogen) atoms. The lowest BCUT2D eigenvalue weighted by Crippen LogP contribution is -2.36. The van der Waals surface area contributed by atoms with Crippen molar-refractivity contribution < 1.29 is 0 Å². The topological polar surface area (TPSA) is 58.0 Å². The molecule has 0 aromatic carbocycles. The van der Waals surface area contributed by atoms with Crippen molar-refractivity contribution in [3.05, 3.63) is 36.0 Å². The minimum atomic E-state index is 0.422. The highest BCUT2D eigenvalue weighted by molar-refractivity contribution is 5.42. The Bertz CT molecular complexity index is 683. The first-order chi connectivity index (χ1) is 11.8. The molecule has 2 aliphatic rings. The van der Waals surface area contributed by atoms with Gasteiger partial charge < -0.3 is 9.80 Å². The first-order valence-corrected chi connectivity index (χ1v) is 8.92. The van der Waals surface area contributed by atoms with Crippen molar-refractivity contribution in [1.29, 1.82) is 0 Å². The van der Waals surface area contributed by atoms with Crippen LogP contribution in [0.2, 0.25) is 0 Å². The smallest absolute Gasteiger partial charge is 0.225 e. The molecule has 0 aliphatic carbocycles. The van der Waals surface area contributed by atoms with Gasteiger partial charge in [-0.1, -0.05) is 0 Å². The van der Waals surface area contributed by atoms with Crippen LogP contribution in [0.25, 0.3) is 0 Å². The molecule has 4 rings (SSSR count). The van der Waals surface area contributed by atoms with Gasteiger partial charge in [0.05, 0.1) is 5.69 Å². The van der Waals surface area contributed by atoms with Crippen LogP contribution in [0, 0.1) is 6.92 Å². The second-order valence-corrected chi connectivity index (χ2v) is 6.73. The van der Waals surface area contributed by atoms with E-state index in [4.69, 9.17) is 4.98 Å². The highest BCUT2D eigenvalue weighted by Gasteiger charge is 2.25. The average Bonchev–Trinajstić information content (AvgIpc) is 3.17. The number of aromatic nitrogens is 4. The van der Waals surface area contributed by atoms with Crippen molar-refractivity contribution >= 4 is 11.8 Å². The predicted molar refractivity (Wildman–Crippen MR) is 94.4 cm³/mol. The summed E-state index contributed by atoms with van der Waals surface area (Å²) < 4.78 is 0. The first kappa shape index (κ1) is 15.3. The van der Waals surface area contributed by atoms with Crippen LogP contribution in [0.4, 0.5) is 11.8 Å². The standard InChI is InChI=1S/C18H24N6/c1-14-21-16(12-17(22-14)23-9-2-3-10-23)15-6-4-11-24(13-15)18-19-7-5-8-20-18/h5,7-8,12,15H,2-4,6,9-11,13H2,1H3. The summed E-state index contributed by atoms with van der Waals surface area (Å²) in [7, 11) is 0. The van der Waals surface area contributed by atoms with Crippen LogP contribution in [-0.4, -0.2) is 46.1 Å². The Labute approximate surface area is 143 Å². The molecule has 6 heteroatoms. The van der Waals surface area contributed by atoms with E-state index in [1.807, 2.05) is 25.4 Å². The number of hydrogen-bond acceptors (Lipinski definition) is 6. The fourth-order valence-electron chi connectivity index (χ4n) is 3.75. The summed E-state index contributed by atoms with van der Waals surface area (Å²) in [6.07, 6.45) is 8.46. The summed E-state index contributed by atoms with van der Waals surface area (Å²) in [6, 6.07) is 4.07. The Morgan fingerprint density at radius 1 is 0.958 bits per heavy atom. The van der Waals surface area contributed by atoms with E-state index >= 15 is 0 Å².